The Hall–Kier alpha value is -4.05. The van der Waals surface area contributed by atoms with Crippen molar-refractivity contribution in [1.82, 2.24) is 24.3 Å². The molecule has 2 heterocycles. The third-order valence-corrected chi connectivity index (χ3v) is 9.21. The molecule has 12 heteroatoms. The van der Waals surface area contributed by atoms with Gasteiger partial charge < -0.3 is 10.6 Å². The van der Waals surface area contributed by atoms with Gasteiger partial charge >= 0.3 is 0 Å². The highest BCUT2D eigenvalue weighted by Crippen LogP contribution is 2.38. The van der Waals surface area contributed by atoms with Crippen LogP contribution in [0, 0.1) is 17.1 Å². The number of benzene rings is 2. The quantitative estimate of drug-likeness (QED) is 0.328. The molecule has 10 nitrogen and oxygen atoms in total. The second kappa shape index (κ2) is 12.6. The van der Waals surface area contributed by atoms with Crippen molar-refractivity contribution in [3.63, 3.8) is 0 Å². The van der Waals surface area contributed by atoms with Crippen molar-refractivity contribution in [1.29, 1.82) is 5.26 Å². The summed E-state index contributed by atoms with van der Waals surface area (Å²) in [6.45, 7) is 1.70. The molecule has 0 amide bonds. The minimum absolute atomic E-state index is 0.141. The van der Waals surface area contributed by atoms with Crippen molar-refractivity contribution >= 4 is 33.9 Å². The van der Waals surface area contributed by atoms with E-state index >= 15 is 0 Å². The zero-order chi connectivity index (χ0) is 29.6. The molecule has 2 aromatic carbocycles. The van der Waals surface area contributed by atoms with Gasteiger partial charge in [-0.05, 0) is 55.4 Å². The van der Waals surface area contributed by atoms with Gasteiger partial charge in [-0.15, -0.1) is 0 Å². The van der Waals surface area contributed by atoms with Crippen LogP contribution in [0.15, 0.2) is 59.6 Å². The Kier molecular flexibility index (Phi) is 9.22. The number of hydrogen-bond donors (Lipinski definition) is 2. The molecule has 1 aliphatic rings. The number of sulfonamides is 1. The van der Waals surface area contributed by atoms with Crippen molar-refractivity contribution in [3.8, 4) is 6.07 Å². The number of likely N-dealkylation sites (tertiary alicyclic amines) is 1. The second-order valence-electron chi connectivity index (χ2n) is 10.2. The highest BCUT2D eigenvalue weighted by molar-refractivity contribution is 7.89. The van der Waals surface area contributed by atoms with Gasteiger partial charge in [0.05, 0.1) is 34.2 Å². The lowest BCUT2D eigenvalue weighted by atomic mass is 9.84. The van der Waals surface area contributed by atoms with Crippen molar-refractivity contribution in [2.45, 2.75) is 36.2 Å². The summed E-state index contributed by atoms with van der Waals surface area (Å²) in [6, 6.07) is 15.2. The van der Waals surface area contributed by atoms with Gasteiger partial charge in [0.25, 0.3) is 0 Å². The Balaban J connectivity index is 1.66. The number of aromatic nitrogens is 2. The summed E-state index contributed by atoms with van der Waals surface area (Å²) >= 11 is 0. The topological polar surface area (TPSA) is 123 Å². The number of carbonyl (C=O) groups is 1. The van der Waals surface area contributed by atoms with Gasteiger partial charge in [-0.3, -0.25) is 14.4 Å². The predicted octanol–water partition coefficient (Wildman–Crippen LogP) is 3.92. The number of piperidine rings is 1. The third kappa shape index (κ3) is 6.32. The number of nitrogens with one attached hydrogen (secondary N) is 2. The Morgan fingerprint density at radius 1 is 1.15 bits per heavy atom. The summed E-state index contributed by atoms with van der Waals surface area (Å²) < 4.78 is 42.1. The maximum Gasteiger partial charge on any atom is 0.242 e. The van der Waals surface area contributed by atoms with Crippen LogP contribution in [0.1, 0.15) is 40.9 Å². The molecule has 1 fully saturated rings. The maximum atomic E-state index is 14.3. The van der Waals surface area contributed by atoms with E-state index in [0.717, 1.165) is 10.6 Å². The van der Waals surface area contributed by atoms with Gasteiger partial charge in [-0.25, -0.2) is 17.1 Å². The van der Waals surface area contributed by atoms with Crippen LogP contribution in [0.3, 0.4) is 0 Å². The van der Waals surface area contributed by atoms with Gasteiger partial charge in [0, 0.05) is 52.0 Å². The van der Waals surface area contributed by atoms with Crippen molar-refractivity contribution in [3.05, 3.63) is 77.4 Å². The summed E-state index contributed by atoms with van der Waals surface area (Å²) in [7, 11) is 1.08. The average molecular weight is 580 g/mol. The molecule has 0 aliphatic carbocycles. The zero-order valence-corrected chi connectivity index (χ0v) is 24.2. The smallest absolute Gasteiger partial charge is 0.242 e. The summed E-state index contributed by atoms with van der Waals surface area (Å²) in [5, 5.41) is 20.7. The number of halogens is 1. The summed E-state index contributed by atoms with van der Waals surface area (Å²) in [6.07, 6.45) is 5.49. The van der Waals surface area contributed by atoms with E-state index in [1.54, 1.807) is 48.3 Å². The van der Waals surface area contributed by atoms with Crippen LogP contribution in [0.2, 0.25) is 0 Å². The Morgan fingerprint density at radius 3 is 2.41 bits per heavy atom. The van der Waals surface area contributed by atoms with Gasteiger partial charge in [0.2, 0.25) is 10.0 Å². The lowest BCUT2D eigenvalue weighted by Gasteiger charge is -2.41. The van der Waals surface area contributed by atoms with Gasteiger partial charge in [-0.1, -0.05) is 18.2 Å². The van der Waals surface area contributed by atoms with Crippen LogP contribution >= 0.6 is 0 Å². The molecular weight excluding hydrogens is 545 g/mol. The molecular formula is C29H34FN7O3S. The highest BCUT2D eigenvalue weighted by Gasteiger charge is 2.40. The number of nitriles is 1. The first-order chi connectivity index (χ1) is 19.6. The van der Waals surface area contributed by atoms with E-state index in [1.807, 2.05) is 6.07 Å². The average Bonchev–Trinajstić information content (AvgIpc) is 3.31. The molecule has 0 radical (unpaired) electrons. The highest BCUT2D eigenvalue weighted by atomic mass is 32.2. The van der Waals surface area contributed by atoms with E-state index in [9.17, 15) is 22.9 Å². The first-order valence-electron chi connectivity index (χ1n) is 13.2. The maximum absolute atomic E-state index is 14.3. The van der Waals surface area contributed by atoms with Crippen LogP contribution in [-0.2, 0) is 22.1 Å². The molecule has 3 aromatic rings. The monoisotopic (exact) mass is 579 g/mol. The number of nitrogens with zero attached hydrogens (tertiary/aromatic N) is 5. The van der Waals surface area contributed by atoms with Crippen LogP contribution in [-0.4, -0.2) is 67.9 Å². The van der Waals surface area contributed by atoms with Crippen molar-refractivity contribution in [2.24, 2.45) is 0 Å². The van der Waals surface area contributed by atoms with E-state index in [4.69, 9.17) is 5.10 Å². The van der Waals surface area contributed by atoms with Crippen LogP contribution in [0.5, 0.6) is 0 Å². The van der Waals surface area contributed by atoms with E-state index in [0.29, 0.717) is 60.8 Å². The minimum atomic E-state index is -3.59. The SMILES string of the molecule is CN/C=C\c1c(C=O)c(Nc2ccc(S(=O)(=O)N(C)C)cc2)nn1C1(CC#N)CCN(Cc2ccccc2F)CC1. The molecule has 1 saturated heterocycles. The molecule has 216 valence electrons. The van der Waals surface area contributed by atoms with E-state index < -0.39 is 15.6 Å². The second-order valence-corrected chi connectivity index (χ2v) is 12.3. The fraction of sp³-hybridized carbons (Fsp3) is 0.345. The molecule has 0 atom stereocenters. The van der Waals surface area contributed by atoms with E-state index in [1.165, 1.54) is 32.3 Å². The molecule has 1 aliphatic heterocycles. The Labute approximate surface area is 240 Å². The van der Waals surface area contributed by atoms with E-state index in [-0.39, 0.29) is 17.1 Å². The van der Waals surface area contributed by atoms with Crippen LogP contribution in [0.25, 0.3) is 6.08 Å². The summed E-state index contributed by atoms with van der Waals surface area (Å²) in [5.74, 6) is 0.0525. The molecule has 2 N–H and O–H groups in total. The first kappa shape index (κ1) is 29.9. The van der Waals surface area contributed by atoms with Crippen molar-refractivity contribution in [2.75, 3.05) is 39.5 Å². The molecule has 0 unspecified atom stereocenters. The summed E-state index contributed by atoms with van der Waals surface area (Å²) in [5.41, 5.74) is 1.34. The molecule has 0 spiro atoms. The molecule has 4 rings (SSSR count). The number of anilines is 2. The fourth-order valence-electron chi connectivity index (χ4n) is 5.00. The van der Waals surface area contributed by atoms with Gasteiger partial charge in [0.15, 0.2) is 12.1 Å². The summed E-state index contributed by atoms with van der Waals surface area (Å²) in [4.78, 5) is 14.7. The standard InChI is InChI=1S/C29H34FN7O3S/c1-32-17-12-27-25(21-38)28(33-23-8-10-24(11-9-23)41(39,40)35(2)3)34-37(27)29(13-16-31)14-18-36(19-15-29)20-22-6-4-5-7-26(22)30/h4-12,17,21,32H,13-15,18-20H2,1-3H3,(H,33,34)/b17-12-. The number of hydrogen-bond acceptors (Lipinski definition) is 8. The lowest BCUT2D eigenvalue weighted by Crippen LogP contribution is -2.46. The molecule has 41 heavy (non-hydrogen) atoms. The van der Waals surface area contributed by atoms with Gasteiger partial charge in [-0.2, -0.15) is 10.4 Å². The third-order valence-electron chi connectivity index (χ3n) is 7.38. The van der Waals surface area contributed by atoms with Crippen LogP contribution in [0.4, 0.5) is 15.9 Å². The largest absolute Gasteiger partial charge is 0.394 e. The zero-order valence-electron chi connectivity index (χ0n) is 23.3. The normalized spacial score (nSPS) is 15.6. The Bertz CT molecular complexity index is 1550. The molecule has 1 aromatic heterocycles. The molecule has 0 saturated carbocycles. The number of rotatable bonds is 11. The van der Waals surface area contributed by atoms with E-state index in [2.05, 4.69) is 21.6 Å². The van der Waals surface area contributed by atoms with Gasteiger partial charge in [0.1, 0.15) is 5.82 Å². The number of carbonyl (C=O) groups excluding carboxylic acids is 1. The lowest BCUT2D eigenvalue weighted by molar-refractivity contribution is 0.0963. The Morgan fingerprint density at radius 2 is 1.83 bits per heavy atom. The van der Waals surface area contributed by atoms with Crippen LogP contribution < -0.4 is 10.6 Å². The predicted molar refractivity (Wildman–Crippen MR) is 155 cm³/mol. The van der Waals surface area contributed by atoms with Crippen molar-refractivity contribution < 1.29 is 17.6 Å². The number of aldehydes is 1. The fourth-order valence-corrected chi connectivity index (χ4v) is 5.90. The first-order valence-corrected chi connectivity index (χ1v) is 14.6. The minimum Gasteiger partial charge on any atom is -0.394 e. The molecule has 0 bridgehead atoms.